The Balaban J connectivity index is 1.82. The molecule has 0 saturated carbocycles. The second-order valence-corrected chi connectivity index (χ2v) is 5.10. The zero-order chi connectivity index (χ0) is 15.1. The number of piperidine rings is 1. The summed E-state index contributed by atoms with van der Waals surface area (Å²) in [5.41, 5.74) is 0.247. The molecule has 8 heteroatoms. The number of nitrogens with zero attached hydrogens (tertiary/aromatic N) is 3. The van der Waals surface area contributed by atoms with E-state index in [-0.39, 0.29) is 30.1 Å². The van der Waals surface area contributed by atoms with Crippen molar-refractivity contribution in [2.75, 3.05) is 26.2 Å². The SMILES string of the molecule is CCCNC(=O)CNC(=O)c1cn(C2CCNCC2)nn1. The molecule has 3 N–H and O–H groups in total. The zero-order valence-electron chi connectivity index (χ0n) is 12.3. The number of aromatic nitrogens is 3. The first-order valence-electron chi connectivity index (χ1n) is 7.38. The van der Waals surface area contributed by atoms with Gasteiger partial charge in [-0.25, -0.2) is 4.68 Å². The number of nitrogens with one attached hydrogen (secondary N) is 3. The first-order chi connectivity index (χ1) is 10.2. The van der Waals surface area contributed by atoms with E-state index >= 15 is 0 Å². The van der Waals surface area contributed by atoms with E-state index in [1.54, 1.807) is 10.9 Å². The van der Waals surface area contributed by atoms with Gasteiger partial charge in [-0.05, 0) is 32.4 Å². The molecule has 2 amide bonds. The summed E-state index contributed by atoms with van der Waals surface area (Å²) in [5.74, 6) is -0.572. The van der Waals surface area contributed by atoms with Crippen LogP contribution in [0.25, 0.3) is 0 Å². The zero-order valence-corrected chi connectivity index (χ0v) is 12.3. The van der Waals surface area contributed by atoms with Gasteiger partial charge in [-0.1, -0.05) is 12.1 Å². The van der Waals surface area contributed by atoms with Gasteiger partial charge >= 0.3 is 0 Å². The van der Waals surface area contributed by atoms with Gasteiger partial charge in [0.25, 0.3) is 5.91 Å². The number of amides is 2. The molecule has 0 radical (unpaired) electrons. The summed E-state index contributed by atoms with van der Waals surface area (Å²) in [6, 6.07) is 0.285. The molecule has 0 bridgehead atoms. The Hall–Kier alpha value is -1.96. The Morgan fingerprint density at radius 3 is 2.86 bits per heavy atom. The van der Waals surface area contributed by atoms with Crippen LogP contribution in [0.3, 0.4) is 0 Å². The summed E-state index contributed by atoms with van der Waals surface area (Å²) >= 11 is 0. The minimum Gasteiger partial charge on any atom is -0.355 e. The third-order valence-electron chi connectivity index (χ3n) is 3.41. The van der Waals surface area contributed by atoms with Gasteiger partial charge in [-0.3, -0.25) is 9.59 Å². The van der Waals surface area contributed by atoms with Crippen molar-refractivity contribution < 1.29 is 9.59 Å². The molecule has 0 atom stereocenters. The molecule has 116 valence electrons. The lowest BCUT2D eigenvalue weighted by molar-refractivity contribution is -0.120. The van der Waals surface area contributed by atoms with Gasteiger partial charge in [0.15, 0.2) is 5.69 Å². The van der Waals surface area contributed by atoms with Crippen LogP contribution in [0.15, 0.2) is 6.20 Å². The quantitative estimate of drug-likeness (QED) is 0.654. The van der Waals surface area contributed by atoms with Crippen molar-refractivity contribution in [3.63, 3.8) is 0 Å². The van der Waals surface area contributed by atoms with E-state index in [0.29, 0.717) is 6.54 Å². The van der Waals surface area contributed by atoms with Gasteiger partial charge in [0.2, 0.25) is 5.91 Å². The van der Waals surface area contributed by atoms with Gasteiger partial charge in [0, 0.05) is 6.54 Å². The molecule has 2 heterocycles. The molecular formula is C13H22N6O2. The lowest BCUT2D eigenvalue weighted by Crippen LogP contribution is -2.37. The molecule has 0 aromatic carbocycles. The highest BCUT2D eigenvalue weighted by Gasteiger charge is 2.18. The third-order valence-corrected chi connectivity index (χ3v) is 3.41. The maximum atomic E-state index is 11.9. The van der Waals surface area contributed by atoms with E-state index in [4.69, 9.17) is 0 Å². The molecular weight excluding hydrogens is 272 g/mol. The molecule has 21 heavy (non-hydrogen) atoms. The Bertz CT molecular complexity index is 481. The van der Waals surface area contributed by atoms with Crippen LogP contribution in [-0.2, 0) is 4.79 Å². The van der Waals surface area contributed by atoms with Crippen molar-refractivity contribution in [1.82, 2.24) is 30.9 Å². The number of hydrogen-bond acceptors (Lipinski definition) is 5. The minimum atomic E-state index is -0.373. The van der Waals surface area contributed by atoms with Crippen molar-refractivity contribution in [2.45, 2.75) is 32.2 Å². The van der Waals surface area contributed by atoms with Gasteiger partial charge in [0.05, 0.1) is 18.8 Å². The second-order valence-electron chi connectivity index (χ2n) is 5.10. The van der Waals surface area contributed by atoms with Crippen LogP contribution in [0, 0.1) is 0 Å². The van der Waals surface area contributed by atoms with Gasteiger partial charge in [-0.15, -0.1) is 5.10 Å². The van der Waals surface area contributed by atoms with Crippen LogP contribution < -0.4 is 16.0 Å². The number of carbonyl (C=O) groups is 2. The van der Waals surface area contributed by atoms with E-state index in [2.05, 4.69) is 26.3 Å². The largest absolute Gasteiger partial charge is 0.355 e. The molecule has 0 aliphatic carbocycles. The number of carbonyl (C=O) groups excluding carboxylic acids is 2. The Morgan fingerprint density at radius 2 is 2.14 bits per heavy atom. The maximum Gasteiger partial charge on any atom is 0.273 e. The van der Waals surface area contributed by atoms with Crippen LogP contribution in [-0.4, -0.2) is 53.0 Å². The average molecular weight is 294 g/mol. The van der Waals surface area contributed by atoms with Crippen molar-refractivity contribution in [2.24, 2.45) is 0 Å². The summed E-state index contributed by atoms with van der Waals surface area (Å²) in [4.78, 5) is 23.3. The highest BCUT2D eigenvalue weighted by Crippen LogP contribution is 2.16. The molecule has 1 aliphatic rings. The van der Waals surface area contributed by atoms with Crippen molar-refractivity contribution in [1.29, 1.82) is 0 Å². The van der Waals surface area contributed by atoms with Crippen molar-refractivity contribution in [3.8, 4) is 0 Å². The summed E-state index contributed by atoms with van der Waals surface area (Å²) in [7, 11) is 0. The predicted octanol–water partition coefficient (Wildman–Crippen LogP) is -0.541. The van der Waals surface area contributed by atoms with Crippen LogP contribution in [0.4, 0.5) is 0 Å². The summed E-state index contributed by atoms with van der Waals surface area (Å²) in [6.45, 7) is 4.44. The predicted molar refractivity (Wildman–Crippen MR) is 76.8 cm³/mol. The van der Waals surface area contributed by atoms with E-state index in [0.717, 1.165) is 32.4 Å². The minimum absolute atomic E-state index is 0.0426. The van der Waals surface area contributed by atoms with Crippen LogP contribution in [0.5, 0.6) is 0 Å². The lowest BCUT2D eigenvalue weighted by atomic mass is 10.1. The Morgan fingerprint density at radius 1 is 1.38 bits per heavy atom. The van der Waals surface area contributed by atoms with E-state index in [1.165, 1.54) is 0 Å². The number of hydrogen-bond donors (Lipinski definition) is 3. The molecule has 1 saturated heterocycles. The second kappa shape index (κ2) is 7.72. The molecule has 0 spiro atoms. The molecule has 1 fully saturated rings. The van der Waals surface area contributed by atoms with Crippen molar-refractivity contribution in [3.05, 3.63) is 11.9 Å². The molecule has 0 unspecified atom stereocenters. The maximum absolute atomic E-state index is 11.9. The summed E-state index contributed by atoms with van der Waals surface area (Å²) in [6.07, 6.45) is 4.47. The number of rotatable bonds is 6. The first-order valence-corrected chi connectivity index (χ1v) is 7.38. The van der Waals surface area contributed by atoms with E-state index in [1.807, 2.05) is 6.92 Å². The van der Waals surface area contributed by atoms with Crippen LogP contribution in [0.1, 0.15) is 42.7 Å². The standard InChI is InChI=1S/C13H22N6O2/c1-2-5-15-12(20)8-16-13(21)11-9-19(18-17-11)10-3-6-14-7-4-10/h9-10,14H,2-8H2,1H3,(H,15,20)(H,16,21). The fraction of sp³-hybridized carbons (Fsp3) is 0.692. The third kappa shape index (κ3) is 4.52. The molecule has 1 aromatic heterocycles. The first kappa shape index (κ1) is 15.4. The van der Waals surface area contributed by atoms with Gasteiger partial charge in [0.1, 0.15) is 0 Å². The monoisotopic (exact) mass is 294 g/mol. The molecule has 1 aliphatic heterocycles. The fourth-order valence-corrected chi connectivity index (χ4v) is 2.21. The topological polar surface area (TPSA) is 101 Å². The van der Waals surface area contributed by atoms with Crippen LogP contribution >= 0.6 is 0 Å². The lowest BCUT2D eigenvalue weighted by Gasteiger charge is -2.22. The highest BCUT2D eigenvalue weighted by atomic mass is 16.2. The Labute approximate surface area is 123 Å². The molecule has 1 aromatic rings. The smallest absolute Gasteiger partial charge is 0.273 e. The fourth-order valence-electron chi connectivity index (χ4n) is 2.21. The van der Waals surface area contributed by atoms with E-state index in [9.17, 15) is 9.59 Å². The van der Waals surface area contributed by atoms with Crippen LogP contribution in [0.2, 0.25) is 0 Å². The molecule has 8 nitrogen and oxygen atoms in total. The highest BCUT2D eigenvalue weighted by molar-refractivity contribution is 5.94. The summed E-state index contributed by atoms with van der Waals surface area (Å²) in [5, 5.41) is 16.4. The van der Waals surface area contributed by atoms with Crippen molar-refractivity contribution >= 4 is 11.8 Å². The molecule has 2 rings (SSSR count). The van der Waals surface area contributed by atoms with Gasteiger partial charge in [-0.2, -0.15) is 0 Å². The normalized spacial score (nSPS) is 15.7. The van der Waals surface area contributed by atoms with E-state index < -0.39 is 0 Å². The average Bonchev–Trinajstić information content (AvgIpc) is 3.01. The Kier molecular flexibility index (Phi) is 5.68. The van der Waals surface area contributed by atoms with Gasteiger partial charge < -0.3 is 16.0 Å². The summed E-state index contributed by atoms with van der Waals surface area (Å²) < 4.78 is 1.74.